The molecular weight excluding hydrogens is 390 g/mol. The monoisotopic (exact) mass is 411 g/mol. The summed E-state index contributed by atoms with van der Waals surface area (Å²) < 4.78 is 27.1. The summed E-state index contributed by atoms with van der Waals surface area (Å²) in [6.07, 6.45) is -0.00766. The van der Waals surface area contributed by atoms with Gasteiger partial charge < -0.3 is 14.2 Å². The fourth-order valence-electron chi connectivity index (χ4n) is 2.68. The van der Waals surface area contributed by atoms with Gasteiger partial charge in [0.05, 0.1) is 24.9 Å². The van der Waals surface area contributed by atoms with Crippen molar-refractivity contribution in [2.45, 2.75) is 19.1 Å². The zero-order chi connectivity index (χ0) is 20.0. The van der Waals surface area contributed by atoms with Gasteiger partial charge in [-0.1, -0.05) is 42.5 Å². The Kier molecular flexibility index (Phi) is 7.24. The van der Waals surface area contributed by atoms with Gasteiger partial charge in [-0.15, -0.1) is 11.6 Å². The highest BCUT2D eigenvalue weighted by Crippen LogP contribution is 2.25. The Morgan fingerprint density at radius 3 is 2.22 bits per heavy atom. The molecule has 2 aromatic carbocycles. The number of nitrogens with zero attached hydrogens (tertiary/aromatic N) is 1. The van der Waals surface area contributed by atoms with E-state index in [0.29, 0.717) is 5.56 Å². The summed E-state index contributed by atoms with van der Waals surface area (Å²) in [4.78, 5) is 13.8. The lowest BCUT2D eigenvalue weighted by Crippen LogP contribution is -2.37. The van der Waals surface area contributed by atoms with E-state index < -0.39 is 16.2 Å². The second-order valence-corrected chi connectivity index (χ2v) is 7.98. The van der Waals surface area contributed by atoms with E-state index in [1.807, 2.05) is 37.3 Å². The van der Waals surface area contributed by atoms with Crippen LogP contribution >= 0.6 is 11.6 Å². The largest absolute Gasteiger partial charge is 0.387 e. The summed E-state index contributed by atoms with van der Waals surface area (Å²) in [7, 11) is -3.62. The van der Waals surface area contributed by atoms with E-state index in [-0.39, 0.29) is 30.1 Å². The molecule has 0 spiro atoms. The molecule has 0 saturated carbocycles. The van der Waals surface area contributed by atoms with Gasteiger partial charge in [0.25, 0.3) is 0 Å². The molecule has 27 heavy (non-hydrogen) atoms. The summed E-state index contributed by atoms with van der Waals surface area (Å²) in [5.41, 5.74) is 1.46. The van der Waals surface area contributed by atoms with Crippen molar-refractivity contribution < 1.29 is 22.5 Å². The number of benzene rings is 2. The number of hydrogen-bond acceptors (Lipinski definition) is 5. The topological polar surface area (TPSA) is 83.9 Å². The van der Waals surface area contributed by atoms with Crippen LogP contribution in [-0.2, 0) is 14.9 Å². The molecule has 1 N–H and O–H groups in total. The van der Waals surface area contributed by atoms with E-state index in [0.717, 1.165) is 11.8 Å². The average molecular weight is 412 g/mol. The normalized spacial score (nSPS) is 13.6. The second kappa shape index (κ2) is 9.21. The van der Waals surface area contributed by atoms with Crippen LogP contribution in [0.5, 0.6) is 5.75 Å². The highest BCUT2D eigenvalue weighted by Gasteiger charge is 2.24. The van der Waals surface area contributed by atoms with Crippen LogP contribution in [0.4, 0.5) is 0 Å². The summed E-state index contributed by atoms with van der Waals surface area (Å²) in [6, 6.07) is 15.2. The summed E-state index contributed by atoms with van der Waals surface area (Å²) >= 11 is 5.74. The molecule has 146 valence electrons. The third-order valence-corrected chi connectivity index (χ3v) is 4.79. The van der Waals surface area contributed by atoms with Crippen molar-refractivity contribution in [1.82, 2.24) is 4.90 Å². The molecule has 0 aliphatic carbocycles. The lowest BCUT2D eigenvalue weighted by Gasteiger charge is -2.31. The Bertz CT molecular complexity index is 855. The third kappa shape index (κ3) is 6.23. The highest BCUT2D eigenvalue weighted by atomic mass is 35.5. The van der Waals surface area contributed by atoms with Crippen LogP contribution in [-0.4, -0.2) is 43.0 Å². The first-order valence-corrected chi connectivity index (χ1v) is 10.6. The molecule has 1 amide bonds. The summed E-state index contributed by atoms with van der Waals surface area (Å²) in [5, 5.41) is 10.6. The van der Waals surface area contributed by atoms with Gasteiger partial charge in [0.1, 0.15) is 11.6 Å². The van der Waals surface area contributed by atoms with Crippen molar-refractivity contribution in [2.75, 3.05) is 18.7 Å². The van der Waals surface area contributed by atoms with Crippen molar-refractivity contribution >= 4 is 27.6 Å². The first kappa shape index (κ1) is 21.2. The van der Waals surface area contributed by atoms with Crippen molar-refractivity contribution in [2.24, 2.45) is 0 Å². The van der Waals surface area contributed by atoms with Crippen LogP contribution in [0.15, 0.2) is 54.6 Å². The van der Waals surface area contributed by atoms with E-state index in [4.69, 9.17) is 15.8 Å². The molecule has 8 heteroatoms. The van der Waals surface area contributed by atoms with E-state index >= 15 is 0 Å². The van der Waals surface area contributed by atoms with Gasteiger partial charge in [-0.05, 0) is 30.2 Å². The smallest absolute Gasteiger partial charge is 0.306 e. The number of amides is 1. The molecule has 6 nitrogen and oxygen atoms in total. The number of rotatable bonds is 8. The minimum Gasteiger partial charge on any atom is -0.387 e. The molecule has 0 unspecified atom stereocenters. The fraction of sp³-hybridized carbons (Fsp3) is 0.316. The quantitative estimate of drug-likeness (QED) is 0.533. The SMILES string of the molecule is C[C@@H](c1ccccc1)N(C[C@@H](O)c1ccc(OS(C)(=O)=O)cc1)C(=O)CCl. The maximum absolute atomic E-state index is 12.3. The summed E-state index contributed by atoms with van der Waals surface area (Å²) in [5.74, 6) is -0.325. The molecule has 0 aliphatic heterocycles. The number of carbonyl (C=O) groups is 1. The van der Waals surface area contributed by atoms with Gasteiger partial charge >= 0.3 is 10.1 Å². The van der Waals surface area contributed by atoms with E-state index in [1.165, 1.54) is 17.0 Å². The molecule has 0 saturated heterocycles. The standard InChI is InChI=1S/C19H22ClNO5S/c1-14(15-6-4-3-5-7-15)21(19(23)12-20)13-18(22)16-8-10-17(11-9-16)26-27(2,24)25/h3-11,14,18,22H,12-13H2,1-2H3/t14-,18+/m0/s1. The maximum atomic E-state index is 12.3. The molecule has 0 heterocycles. The molecule has 0 bridgehead atoms. The van der Waals surface area contributed by atoms with E-state index in [1.54, 1.807) is 12.1 Å². The number of hydrogen-bond donors (Lipinski definition) is 1. The Balaban J connectivity index is 2.16. The Labute approximate surface area is 164 Å². The van der Waals surface area contributed by atoms with Gasteiger partial charge in [0, 0.05) is 0 Å². The van der Waals surface area contributed by atoms with Crippen molar-refractivity contribution in [3.63, 3.8) is 0 Å². The minimum atomic E-state index is -3.62. The van der Waals surface area contributed by atoms with Crippen LogP contribution in [0.1, 0.15) is 30.2 Å². The number of carbonyl (C=O) groups excluding carboxylic acids is 1. The van der Waals surface area contributed by atoms with Crippen molar-refractivity contribution in [1.29, 1.82) is 0 Å². The zero-order valence-electron chi connectivity index (χ0n) is 15.1. The number of aliphatic hydroxyl groups excluding tert-OH is 1. The molecule has 2 aromatic rings. The number of aliphatic hydroxyl groups is 1. The van der Waals surface area contributed by atoms with Crippen molar-refractivity contribution in [3.8, 4) is 5.75 Å². The molecule has 0 radical (unpaired) electrons. The van der Waals surface area contributed by atoms with Gasteiger partial charge in [-0.3, -0.25) is 4.79 Å². The molecule has 0 aliphatic rings. The van der Waals surface area contributed by atoms with Gasteiger partial charge in [0.15, 0.2) is 0 Å². The third-order valence-electron chi connectivity index (χ3n) is 4.07. The zero-order valence-corrected chi connectivity index (χ0v) is 16.7. The van der Waals surface area contributed by atoms with Crippen LogP contribution in [0.25, 0.3) is 0 Å². The Hall–Kier alpha value is -2.09. The minimum absolute atomic E-state index is 0.0495. The van der Waals surface area contributed by atoms with Crippen LogP contribution in [0.3, 0.4) is 0 Å². The molecule has 0 fully saturated rings. The maximum Gasteiger partial charge on any atom is 0.306 e. The van der Waals surface area contributed by atoms with E-state index in [2.05, 4.69) is 0 Å². The highest BCUT2D eigenvalue weighted by molar-refractivity contribution is 7.86. The Morgan fingerprint density at radius 2 is 1.70 bits per heavy atom. The second-order valence-electron chi connectivity index (χ2n) is 6.14. The first-order valence-electron chi connectivity index (χ1n) is 8.29. The molecule has 0 aromatic heterocycles. The molecular formula is C19H22ClNO5S. The number of halogens is 1. The van der Waals surface area contributed by atoms with Gasteiger partial charge in [-0.2, -0.15) is 8.42 Å². The Morgan fingerprint density at radius 1 is 1.11 bits per heavy atom. The van der Waals surface area contributed by atoms with Gasteiger partial charge in [-0.25, -0.2) is 0 Å². The van der Waals surface area contributed by atoms with E-state index in [9.17, 15) is 18.3 Å². The predicted molar refractivity (Wildman–Crippen MR) is 104 cm³/mol. The lowest BCUT2D eigenvalue weighted by molar-refractivity contribution is -0.132. The average Bonchev–Trinajstić information content (AvgIpc) is 2.64. The van der Waals surface area contributed by atoms with Gasteiger partial charge in [0.2, 0.25) is 5.91 Å². The number of alkyl halides is 1. The summed E-state index contributed by atoms with van der Waals surface area (Å²) in [6.45, 7) is 1.92. The van der Waals surface area contributed by atoms with Crippen LogP contribution in [0.2, 0.25) is 0 Å². The van der Waals surface area contributed by atoms with Crippen molar-refractivity contribution in [3.05, 3.63) is 65.7 Å². The lowest BCUT2D eigenvalue weighted by atomic mass is 10.0. The van der Waals surface area contributed by atoms with Crippen LogP contribution in [0, 0.1) is 0 Å². The molecule has 2 atom stereocenters. The first-order chi connectivity index (χ1) is 12.7. The fourth-order valence-corrected chi connectivity index (χ4v) is 3.29. The molecule has 2 rings (SSSR count). The predicted octanol–water partition coefficient (Wildman–Crippen LogP) is 2.89. The van der Waals surface area contributed by atoms with Crippen LogP contribution < -0.4 is 4.18 Å².